The fourth-order valence-corrected chi connectivity index (χ4v) is 5.12. The average Bonchev–Trinajstić information content (AvgIpc) is 3.12. The van der Waals surface area contributed by atoms with Crippen molar-refractivity contribution in [2.24, 2.45) is 0 Å². The number of Topliss-reactive ketones (excluding diaryl/α,β-unsaturated/α-hetero) is 1. The first kappa shape index (κ1) is 19.2. The second-order valence-electron chi connectivity index (χ2n) is 7.48. The van der Waals surface area contributed by atoms with Crippen LogP contribution < -0.4 is 0 Å². The Labute approximate surface area is 167 Å². The van der Waals surface area contributed by atoms with E-state index in [1.165, 1.54) is 23.1 Å². The molecule has 2 nitrogen and oxygen atoms in total. The SMILES string of the molecule is O=C(CCCN1CCC(c2csc3cc(F)ccc23)CC1)c1ccc(F)cc1. The Morgan fingerprint density at radius 3 is 2.50 bits per heavy atom. The minimum Gasteiger partial charge on any atom is -0.303 e. The molecule has 0 unspecified atom stereocenters. The molecule has 0 radical (unpaired) electrons. The van der Waals surface area contributed by atoms with E-state index in [2.05, 4.69) is 10.3 Å². The van der Waals surface area contributed by atoms with Crippen molar-refractivity contribution in [1.29, 1.82) is 0 Å². The third-order valence-corrected chi connectivity index (χ3v) is 6.60. The molecule has 1 aliphatic heterocycles. The number of thiophene rings is 1. The van der Waals surface area contributed by atoms with Crippen molar-refractivity contribution < 1.29 is 13.6 Å². The minimum absolute atomic E-state index is 0.0758. The van der Waals surface area contributed by atoms with E-state index in [1.54, 1.807) is 35.6 Å². The molecular weight excluding hydrogens is 376 g/mol. The van der Waals surface area contributed by atoms with Crippen LogP contribution in [0.4, 0.5) is 8.78 Å². The van der Waals surface area contributed by atoms with Gasteiger partial charge in [0.15, 0.2) is 5.78 Å². The van der Waals surface area contributed by atoms with Crippen molar-refractivity contribution in [3.63, 3.8) is 0 Å². The number of halogens is 2. The third kappa shape index (κ3) is 4.31. The highest BCUT2D eigenvalue weighted by Crippen LogP contribution is 2.37. The molecule has 0 spiro atoms. The van der Waals surface area contributed by atoms with Crippen LogP contribution in [0.1, 0.15) is 47.5 Å². The fourth-order valence-electron chi connectivity index (χ4n) is 4.05. The van der Waals surface area contributed by atoms with Crippen LogP contribution in [0.25, 0.3) is 10.1 Å². The number of benzene rings is 2. The lowest BCUT2D eigenvalue weighted by Crippen LogP contribution is -2.33. The first-order chi connectivity index (χ1) is 13.6. The molecule has 5 heteroatoms. The Kier molecular flexibility index (Phi) is 5.83. The molecule has 0 aliphatic carbocycles. The Morgan fingerprint density at radius 2 is 1.75 bits per heavy atom. The zero-order chi connectivity index (χ0) is 19.5. The van der Waals surface area contributed by atoms with Gasteiger partial charge in [0.2, 0.25) is 0 Å². The minimum atomic E-state index is -0.317. The summed E-state index contributed by atoms with van der Waals surface area (Å²) in [4.78, 5) is 14.6. The molecule has 28 heavy (non-hydrogen) atoms. The molecule has 146 valence electrons. The van der Waals surface area contributed by atoms with Crippen LogP contribution >= 0.6 is 11.3 Å². The van der Waals surface area contributed by atoms with Crippen molar-refractivity contribution in [1.82, 2.24) is 4.90 Å². The first-order valence-electron chi connectivity index (χ1n) is 9.78. The van der Waals surface area contributed by atoms with Gasteiger partial charge in [-0.15, -0.1) is 11.3 Å². The van der Waals surface area contributed by atoms with Gasteiger partial charge in [-0.2, -0.15) is 0 Å². The van der Waals surface area contributed by atoms with Crippen LogP contribution in [0.2, 0.25) is 0 Å². The van der Waals surface area contributed by atoms with Crippen LogP contribution in [0.3, 0.4) is 0 Å². The number of rotatable bonds is 6. The molecule has 1 fully saturated rings. The van der Waals surface area contributed by atoms with E-state index in [0.717, 1.165) is 43.6 Å². The van der Waals surface area contributed by atoms with E-state index in [9.17, 15) is 13.6 Å². The predicted molar refractivity (Wildman–Crippen MR) is 110 cm³/mol. The van der Waals surface area contributed by atoms with Crippen molar-refractivity contribution >= 4 is 27.2 Å². The number of carbonyl (C=O) groups excluding carboxylic acids is 1. The number of nitrogens with zero attached hydrogens (tertiary/aromatic N) is 1. The number of likely N-dealkylation sites (tertiary alicyclic amines) is 1. The van der Waals surface area contributed by atoms with Crippen LogP contribution in [-0.2, 0) is 0 Å². The number of ketones is 1. The maximum atomic E-state index is 13.4. The highest BCUT2D eigenvalue weighted by atomic mass is 32.1. The summed E-state index contributed by atoms with van der Waals surface area (Å²) in [5.74, 6) is 0.108. The largest absolute Gasteiger partial charge is 0.303 e. The molecular formula is C23H23F2NOS. The van der Waals surface area contributed by atoms with Crippen LogP contribution in [0.15, 0.2) is 47.8 Å². The van der Waals surface area contributed by atoms with Gasteiger partial charge < -0.3 is 4.90 Å². The number of hydrogen-bond donors (Lipinski definition) is 0. The molecule has 4 rings (SSSR count). The summed E-state index contributed by atoms with van der Waals surface area (Å²) in [6.45, 7) is 2.96. The summed E-state index contributed by atoms with van der Waals surface area (Å²) < 4.78 is 27.4. The summed E-state index contributed by atoms with van der Waals surface area (Å²) in [5.41, 5.74) is 1.94. The molecule has 3 aromatic rings. The van der Waals surface area contributed by atoms with E-state index in [0.29, 0.717) is 17.9 Å². The highest BCUT2D eigenvalue weighted by Gasteiger charge is 2.23. The Morgan fingerprint density at radius 1 is 1.04 bits per heavy atom. The van der Waals surface area contributed by atoms with Gasteiger partial charge >= 0.3 is 0 Å². The monoisotopic (exact) mass is 399 g/mol. The molecule has 1 saturated heterocycles. The zero-order valence-electron chi connectivity index (χ0n) is 15.7. The summed E-state index contributed by atoms with van der Waals surface area (Å²) in [6.07, 6.45) is 3.50. The highest BCUT2D eigenvalue weighted by molar-refractivity contribution is 7.17. The lowest BCUT2D eigenvalue weighted by molar-refractivity contribution is 0.0972. The summed E-state index contributed by atoms with van der Waals surface area (Å²) >= 11 is 1.62. The number of hydrogen-bond acceptors (Lipinski definition) is 3. The lowest BCUT2D eigenvalue weighted by Gasteiger charge is -2.32. The Hall–Kier alpha value is -2.11. The molecule has 1 aromatic heterocycles. The van der Waals surface area contributed by atoms with Gasteiger partial charge in [0.25, 0.3) is 0 Å². The summed E-state index contributed by atoms with van der Waals surface area (Å²) in [5, 5.41) is 3.38. The maximum Gasteiger partial charge on any atom is 0.162 e. The number of carbonyl (C=O) groups is 1. The maximum absolute atomic E-state index is 13.4. The first-order valence-corrected chi connectivity index (χ1v) is 10.7. The second-order valence-corrected chi connectivity index (χ2v) is 8.39. The van der Waals surface area contributed by atoms with Crippen molar-refractivity contribution in [2.75, 3.05) is 19.6 Å². The lowest BCUT2D eigenvalue weighted by atomic mass is 9.89. The van der Waals surface area contributed by atoms with Crippen molar-refractivity contribution in [3.05, 3.63) is 70.6 Å². The average molecular weight is 400 g/mol. The van der Waals surface area contributed by atoms with Crippen LogP contribution in [0.5, 0.6) is 0 Å². The van der Waals surface area contributed by atoms with Gasteiger partial charge in [-0.3, -0.25) is 4.79 Å². The molecule has 0 bridgehead atoms. The number of piperidine rings is 1. The molecule has 0 N–H and O–H groups in total. The molecule has 2 aromatic carbocycles. The molecule has 0 amide bonds. The fraction of sp³-hybridized carbons (Fsp3) is 0.348. The molecule has 2 heterocycles. The molecule has 1 aliphatic rings. The zero-order valence-corrected chi connectivity index (χ0v) is 16.5. The Bertz CT molecular complexity index is 958. The normalized spacial score (nSPS) is 15.9. The third-order valence-electron chi connectivity index (χ3n) is 5.64. The quantitative estimate of drug-likeness (QED) is 0.472. The van der Waals surface area contributed by atoms with Gasteiger partial charge in [0.1, 0.15) is 11.6 Å². The molecule has 0 saturated carbocycles. The Balaban J connectivity index is 1.26. The number of fused-ring (bicyclic) bond motifs is 1. The van der Waals surface area contributed by atoms with E-state index < -0.39 is 0 Å². The predicted octanol–water partition coefficient (Wildman–Crippen LogP) is 6.02. The summed E-state index contributed by atoms with van der Waals surface area (Å²) in [7, 11) is 0. The standard InChI is InChI=1S/C23H23F2NOS/c24-18-5-3-17(4-6-18)22(27)2-1-11-26-12-9-16(10-13-26)21-15-28-23-14-19(25)7-8-20(21)23/h3-8,14-16H,1-2,9-13H2. The van der Waals surface area contributed by atoms with Crippen molar-refractivity contribution in [3.8, 4) is 0 Å². The van der Waals surface area contributed by atoms with E-state index >= 15 is 0 Å². The second kappa shape index (κ2) is 8.50. The molecule has 0 atom stereocenters. The van der Waals surface area contributed by atoms with E-state index in [4.69, 9.17) is 0 Å². The van der Waals surface area contributed by atoms with Gasteiger partial charge in [0.05, 0.1) is 0 Å². The summed E-state index contributed by atoms with van der Waals surface area (Å²) in [6, 6.07) is 10.9. The van der Waals surface area contributed by atoms with Gasteiger partial charge in [-0.1, -0.05) is 6.07 Å². The van der Waals surface area contributed by atoms with Gasteiger partial charge in [0, 0.05) is 16.7 Å². The topological polar surface area (TPSA) is 20.3 Å². The smallest absolute Gasteiger partial charge is 0.162 e. The van der Waals surface area contributed by atoms with E-state index in [1.807, 2.05) is 6.07 Å². The van der Waals surface area contributed by atoms with Gasteiger partial charge in [-0.25, -0.2) is 8.78 Å². The van der Waals surface area contributed by atoms with E-state index in [-0.39, 0.29) is 17.4 Å². The van der Waals surface area contributed by atoms with Crippen LogP contribution in [0, 0.1) is 11.6 Å². The van der Waals surface area contributed by atoms with Crippen molar-refractivity contribution in [2.45, 2.75) is 31.6 Å². The van der Waals surface area contributed by atoms with Crippen LogP contribution in [-0.4, -0.2) is 30.3 Å². The van der Waals surface area contributed by atoms with Gasteiger partial charge in [-0.05, 0) is 97.5 Å².